The number of guanidine groups is 1. The van der Waals surface area contributed by atoms with E-state index in [9.17, 15) is 9.18 Å². The first kappa shape index (κ1) is 23.4. The van der Waals surface area contributed by atoms with Gasteiger partial charge >= 0.3 is 0 Å². The third-order valence-corrected chi connectivity index (χ3v) is 5.24. The van der Waals surface area contributed by atoms with E-state index in [-0.39, 0.29) is 17.8 Å². The summed E-state index contributed by atoms with van der Waals surface area (Å²) >= 11 is 0. The summed E-state index contributed by atoms with van der Waals surface area (Å²) < 4.78 is 25.3. The zero-order valence-corrected chi connectivity index (χ0v) is 19.0. The lowest BCUT2D eigenvalue weighted by Crippen LogP contribution is -2.38. The topological polar surface area (TPSA) is 84.0 Å². The summed E-state index contributed by atoms with van der Waals surface area (Å²) in [5.74, 6) is 1.50. The number of aliphatic imine (C=N–C) groups is 1. The zero-order chi connectivity index (χ0) is 23.1. The molecule has 172 valence electrons. The summed E-state index contributed by atoms with van der Waals surface area (Å²) in [6, 6.07) is 10.4. The number of anilines is 1. The van der Waals surface area contributed by atoms with Gasteiger partial charge < -0.3 is 25.4 Å². The highest BCUT2D eigenvalue weighted by atomic mass is 19.1. The molecule has 0 aromatic heterocycles. The van der Waals surface area contributed by atoms with Crippen LogP contribution in [0, 0.1) is 11.7 Å². The van der Waals surface area contributed by atoms with Crippen molar-refractivity contribution in [3.05, 3.63) is 53.3 Å². The molecule has 0 spiro atoms. The molecule has 1 aliphatic rings. The number of rotatable bonds is 9. The number of amides is 1. The van der Waals surface area contributed by atoms with Crippen LogP contribution in [0.2, 0.25) is 0 Å². The van der Waals surface area contributed by atoms with Crippen LogP contribution in [-0.2, 0) is 11.3 Å². The van der Waals surface area contributed by atoms with E-state index in [0.29, 0.717) is 42.2 Å². The molecule has 8 heteroatoms. The minimum Gasteiger partial charge on any atom is -0.495 e. The summed E-state index contributed by atoms with van der Waals surface area (Å²) in [6.07, 6.45) is 2.33. The molecule has 0 radical (unpaired) electrons. The second-order valence-corrected chi connectivity index (χ2v) is 7.95. The molecule has 1 amide bonds. The van der Waals surface area contributed by atoms with Gasteiger partial charge in [0.15, 0.2) is 17.5 Å². The SMILES string of the molecule is CN=C(NCc1ccc(OC)c(NC(C)=O)c1)NC(C)c1ccc(OCC2CC2)c(F)c1. The molecule has 0 saturated heterocycles. The van der Waals surface area contributed by atoms with E-state index in [2.05, 4.69) is 20.9 Å². The molecule has 1 saturated carbocycles. The molecule has 0 aliphatic heterocycles. The Bertz CT molecular complexity index is 976. The Labute approximate surface area is 188 Å². The number of hydrogen-bond donors (Lipinski definition) is 3. The number of nitrogens with one attached hydrogen (secondary N) is 3. The molecule has 0 bridgehead atoms. The highest BCUT2D eigenvalue weighted by Gasteiger charge is 2.22. The maximum atomic E-state index is 14.4. The largest absolute Gasteiger partial charge is 0.495 e. The third kappa shape index (κ3) is 6.60. The molecule has 7 nitrogen and oxygen atoms in total. The average Bonchev–Trinajstić information content (AvgIpc) is 3.59. The molecular formula is C24H31FN4O3. The highest BCUT2D eigenvalue weighted by molar-refractivity contribution is 5.90. The van der Waals surface area contributed by atoms with Crippen LogP contribution in [0.1, 0.15) is 43.9 Å². The number of methoxy groups -OCH3 is 1. The van der Waals surface area contributed by atoms with Gasteiger partial charge in [0.1, 0.15) is 5.75 Å². The van der Waals surface area contributed by atoms with Gasteiger partial charge in [-0.25, -0.2) is 4.39 Å². The second-order valence-electron chi connectivity index (χ2n) is 7.95. The van der Waals surface area contributed by atoms with Gasteiger partial charge in [0.25, 0.3) is 0 Å². The van der Waals surface area contributed by atoms with Gasteiger partial charge in [-0.3, -0.25) is 9.79 Å². The Balaban J connectivity index is 1.58. The molecular weight excluding hydrogens is 411 g/mol. The Kier molecular flexibility index (Phi) is 7.92. The molecule has 1 atom stereocenters. The summed E-state index contributed by atoms with van der Waals surface area (Å²) in [4.78, 5) is 15.7. The van der Waals surface area contributed by atoms with Crippen LogP contribution in [0.3, 0.4) is 0 Å². The van der Waals surface area contributed by atoms with Crippen molar-refractivity contribution in [1.29, 1.82) is 0 Å². The monoisotopic (exact) mass is 442 g/mol. The Hall–Kier alpha value is -3.29. The standard InChI is InChI=1S/C24H31FN4O3/c1-15(19-8-10-22(20(25)12-19)32-14-17-5-6-17)28-24(26-3)27-13-18-7-9-23(31-4)21(11-18)29-16(2)30/h7-12,15,17H,5-6,13-14H2,1-4H3,(H,29,30)(H2,26,27,28). The van der Waals surface area contributed by atoms with Crippen molar-refractivity contribution in [3.63, 3.8) is 0 Å². The smallest absolute Gasteiger partial charge is 0.221 e. The molecule has 1 aliphatic carbocycles. The number of carbonyl (C=O) groups is 1. The lowest BCUT2D eigenvalue weighted by atomic mass is 10.1. The molecule has 3 rings (SSSR count). The summed E-state index contributed by atoms with van der Waals surface area (Å²) in [7, 11) is 3.23. The van der Waals surface area contributed by atoms with Crippen molar-refractivity contribution in [3.8, 4) is 11.5 Å². The minimum atomic E-state index is -0.358. The number of carbonyl (C=O) groups excluding carboxylic acids is 1. The molecule has 3 N–H and O–H groups in total. The quantitative estimate of drug-likeness (QED) is 0.404. The van der Waals surface area contributed by atoms with Crippen molar-refractivity contribution in [2.24, 2.45) is 10.9 Å². The predicted octanol–water partition coefficient (Wildman–Crippen LogP) is 4.01. The van der Waals surface area contributed by atoms with Crippen LogP contribution in [-0.4, -0.2) is 32.6 Å². The van der Waals surface area contributed by atoms with Crippen LogP contribution < -0.4 is 25.4 Å². The molecule has 2 aromatic rings. The van der Waals surface area contributed by atoms with Crippen molar-refractivity contribution in [2.45, 2.75) is 39.3 Å². The van der Waals surface area contributed by atoms with Gasteiger partial charge in [0.05, 0.1) is 25.4 Å². The van der Waals surface area contributed by atoms with E-state index in [4.69, 9.17) is 9.47 Å². The van der Waals surface area contributed by atoms with E-state index in [0.717, 1.165) is 24.0 Å². The minimum absolute atomic E-state index is 0.168. The molecule has 0 heterocycles. The van der Waals surface area contributed by atoms with Gasteiger partial charge in [0.2, 0.25) is 5.91 Å². The van der Waals surface area contributed by atoms with Crippen molar-refractivity contribution in [1.82, 2.24) is 10.6 Å². The fourth-order valence-electron chi connectivity index (χ4n) is 3.22. The Morgan fingerprint density at radius 3 is 2.59 bits per heavy atom. The van der Waals surface area contributed by atoms with Crippen molar-refractivity contribution < 1.29 is 18.7 Å². The maximum absolute atomic E-state index is 14.4. The van der Waals surface area contributed by atoms with E-state index in [1.165, 1.54) is 13.0 Å². The third-order valence-electron chi connectivity index (χ3n) is 5.24. The lowest BCUT2D eigenvalue weighted by Gasteiger charge is -2.19. The normalized spacial score (nSPS) is 14.5. The number of hydrogen-bond acceptors (Lipinski definition) is 4. The van der Waals surface area contributed by atoms with E-state index in [1.54, 1.807) is 26.3 Å². The first-order chi connectivity index (χ1) is 15.4. The van der Waals surface area contributed by atoms with E-state index >= 15 is 0 Å². The number of ether oxygens (including phenoxy) is 2. The van der Waals surface area contributed by atoms with E-state index < -0.39 is 0 Å². The first-order valence-corrected chi connectivity index (χ1v) is 10.7. The van der Waals surface area contributed by atoms with Gasteiger partial charge in [-0.1, -0.05) is 12.1 Å². The van der Waals surface area contributed by atoms with Gasteiger partial charge in [-0.05, 0) is 61.1 Å². The van der Waals surface area contributed by atoms with E-state index in [1.807, 2.05) is 25.1 Å². The Morgan fingerprint density at radius 2 is 1.97 bits per heavy atom. The molecule has 1 fully saturated rings. The fourth-order valence-corrected chi connectivity index (χ4v) is 3.22. The van der Waals surface area contributed by atoms with Crippen LogP contribution >= 0.6 is 0 Å². The highest BCUT2D eigenvalue weighted by Crippen LogP contribution is 2.30. The lowest BCUT2D eigenvalue weighted by molar-refractivity contribution is -0.114. The molecule has 2 aromatic carbocycles. The van der Waals surface area contributed by atoms with Gasteiger partial charge in [0, 0.05) is 20.5 Å². The second kappa shape index (κ2) is 10.8. The van der Waals surface area contributed by atoms with Crippen molar-refractivity contribution >= 4 is 17.6 Å². The van der Waals surface area contributed by atoms with Crippen LogP contribution in [0.25, 0.3) is 0 Å². The van der Waals surface area contributed by atoms with Gasteiger partial charge in [-0.2, -0.15) is 0 Å². The summed E-state index contributed by atoms with van der Waals surface area (Å²) in [6.45, 7) is 4.45. The van der Waals surface area contributed by atoms with Crippen LogP contribution in [0.5, 0.6) is 11.5 Å². The number of halogens is 1. The van der Waals surface area contributed by atoms with Crippen LogP contribution in [0.4, 0.5) is 10.1 Å². The predicted molar refractivity (Wildman–Crippen MR) is 124 cm³/mol. The first-order valence-electron chi connectivity index (χ1n) is 10.7. The molecule has 1 unspecified atom stereocenters. The number of nitrogens with zero attached hydrogens (tertiary/aromatic N) is 1. The zero-order valence-electron chi connectivity index (χ0n) is 19.0. The Morgan fingerprint density at radius 1 is 1.22 bits per heavy atom. The van der Waals surface area contributed by atoms with Gasteiger partial charge in [-0.15, -0.1) is 0 Å². The summed E-state index contributed by atoms with van der Waals surface area (Å²) in [5.41, 5.74) is 2.34. The average molecular weight is 443 g/mol. The van der Waals surface area contributed by atoms with Crippen LogP contribution in [0.15, 0.2) is 41.4 Å². The number of benzene rings is 2. The molecule has 32 heavy (non-hydrogen) atoms. The maximum Gasteiger partial charge on any atom is 0.221 e. The summed E-state index contributed by atoms with van der Waals surface area (Å²) in [5, 5.41) is 9.27. The van der Waals surface area contributed by atoms with Crippen molar-refractivity contribution in [2.75, 3.05) is 26.1 Å². The fraction of sp³-hybridized carbons (Fsp3) is 0.417.